The second-order valence-electron chi connectivity index (χ2n) is 5.88. The lowest BCUT2D eigenvalue weighted by Gasteiger charge is -2.14. The van der Waals surface area contributed by atoms with E-state index >= 15 is 0 Å². The van der Waals surface area contributed by atoms with Crippen molar-refractivity contribution in [3.8, 4) is 17.2 Å². The van der Waals surface area contributed by atoms with Gasteiger partial charge in [-0.15, -0.1) is 0 Å². The molecule has 27 heavy (non-hydrogen) atoms. The van der Waals surface area contributed by atoms with E-state index in [1.807, 2.05) is 6.07 Å². The fourth-order valence-corrected chi connectivity index (χ4v) is 2.97. The predicted molar refractivity (Wildman–Crippen MR) is 102 cm³/mol. The van der Waals surface area contributed by atoms with E-state index in [4.69, 9.17) is 18.9 Å². The molecule has 0 fully saturated rings. The number of rotatable bonds is 7. The first-order valence-electron chi connectivity index (χ1n) is 8.34. The standard InChI is InChI=1S/C21H21NO5/c1-24-12-14-11-22-20(21(23)13-6-5-7-15(8-13)25-2)17-10-19(27-4)18(26-3)9-16(14)17/h5-11H,12H2,1-4H3. The van der Waals surface area contributed by atoms with Gasteiger partial charge in [-0.05, 0) is 29.7 Å². The smallest absolute Gasteiger partial charge is 0.212 e. The molecule has 0 aliphatic rings. The van der Waals surface area contributed by atoms with Crippen LogP contribution in [0.15, 0.2) is 42.6 Å². The lowest BCUT2D eigenvalue weighted by atomic mass is 9.99. The number of hydrogen-bond donors (Lipinski definition) is 0. The van der Waals surface area contributed by atoms with Crippen molar-refractivity contribution in [2.24, 2.45) is 0 Å². The molecule has 6 heteroatoms. The third-order valence-electron chi connectivity index (χ3n) is 4.32. The first kappa shape index (κ1) is 18.7. The summed E-state index contributed by atoms with van der Waals surface area (Å²) in [7, 11) is 6.30. The third-order valence-corrected chi connectivity index (χ3v) is 4.32. The van der Waals surface area contributed by atoms with Crippen molar-refractivity contribution >= 4 is 16.6 Å². The molecule has 0 saturated heterocycles. The maximum Gasteiger partial charge on any atom is 0.212 e. The summed E-state index contributed by atoms with van der Waals surface area (Å²) in [6.45, 7) is 0.368. The molecule has 2 aromatic carbocycles. The Balaban J connectivity index is 2.23. The van der Waals surface area contributed by atoms with Gasteiger partial charge >= 0.3 is 0 Å². The van der Waals surface area contributed by atoms with Crippen LogP contribution >= 0.6 is 0 Å². The van der Waals surface area contributed by atoms with Gasteiger partial charge in [0.2, 0.25) is 5.78 Å². The molecule has 1 aromatic heterocycles. The number of ketones is 1. The predicted octanol–water partition coefficient (Wildman–Crippen LogP) is 3.64. The highest BCUT2D eigenvalue weighted by Crippen LogP contribution is 2.35. The highest BCUT2D eigenvalue weighted by Gasteiger charge is 2.19. The number of pyridine rings is 1. The number of benzene rings is 2. The second-order valence-corrected chi connectivity index (χ2v) is 5.88. The second kappa shape index (κ2) is 8.05. The van der Waals surface area contributed by atoms with Gasteiger partial charge in [-0.1, -0.05) is 12.1 Å². The van der Waals surface area contributed by atoms with E-state index in [0.29, 0.717) is 40.5 Å². The SMILES string of the molecule is COCc1cnc(C(=O)c2cccc(OC)c2)c2cc(OC)c(OC)cc12. The van der Waals surface area contributed by atoms with Gasteiger partial charge in [0.05, 0.1) is 27.9 Å². The molecule has 0 aliphatic carbocycles. The molecule has 0 aliphatic heterocycles. The molecule has 3 rings (SSSR count). The van der Waals surface area contributed by atoms with E-state index in [2.05, 4.69) is 4.98 Å². The van der Waals surface area contributed by atoms with Crippen LogP contribution in [0, 0.1) is 0 Å². The number of carbonyl (C=O) groups excluding carboxylic acids is 1. The number of methoxy groups -OCH3 is 4. The Morgan fingerprint density at radius 3 is 2.26 bits per heavy atom. The average molecular weight is 367 g/mol. The van der Waals surface area contributed by atoms with Crippen LogP contribution in [0.25, 0.3) is 10.8 Å². The van der Waals surface area contributed by atoms with Crippen molar-refractivity contribution in [3.05, 3.63) is 59.4 Å². The number of hydrogen-bond acceptors (Lipinski definition) is 6. The molecule has 0 atom stereocenters. The molecule has 0 unspecified atom stereocenters. The molecule has 0 spiro atoms. The van der Waals surface area contributed by atoms with Crippen LogP contribution in [0.2, 0.25) is 0 Å². The summed E-state index contributed by atoms with van der Waals surface area (Å²) in [5.74, 6) is 1.52. The highest BCUT2D eigenvalue weighted by molar-refractivity contribution is 6.15. The zero-order chi connectivity index (χ0) is 19.4. The van der Waals surface area contributed by atoms with Gasteiger partial charge in [-0.2, -0.15) is 0 Å². The monoisotopic (exact) mass is 367 g/mol. The van der Waals surface area contributed by atoms with Crippen molar-refractivity contribution in [1.29, 1.82) is 0 Å². The topological polar surface area (TPSA) is 66.9 Å². The highest BCUT2D eigenvalue weighted by atomic mass is 16.5. The van der Waals surface area contributed by atoms with Gasteiger partial charge in [-0.3, -0.25) is 9.78 Å². The van der Waals surface area contributed by atoms with Crippen LogP contribution in [0.1, 0.15) is 21.6 Å². The van der Waals surface area contributed by atoms with Gasteiger partial charge in [0.15, 0.2) is 11.5 Å². The summed E-state index contributed by atoms with van der Waals surface area (Å²) in [5, 5.41) is 1.51. The van der Waals surface area contributed by atoms with Gasteiger partial charge in [0, 0.05) is 29.8 Å². The molecule has 6 nitrogen and oxygen atoms in total. The minimum absolute atomic E-state index is 0.199. The van der Waals surface area contributed by atoms with Crippen molar-refractivity contribution in [3.63, 3.8) is 0 Å². The zero-order valence-electron chi connectivity index (χ0n) is 15.7. The quantitative estimate of drug-likeness (QED) is 0.594. The zero-order valence-corrected chi connectivity index (χ0v) is 15.7. The molecular weight excluding hydrogens is 346 g/mol. The largest absolute Gasteiger partial charge is 0.497 e. The maximum atomic E-state index is 13.1. The van der Waals surface area contributed by atoms with E-state index in [1.165, 1.54) is 0 Å². The Kier molecular flexibility index (Phi) is 5.57. The molecule has 0 saturated carbocycles. The Bertz CT molecular complexity index is 984. The summed E-state index contributed by atoms with van der Waals surface area (Å²) >= 11 is 0. The Morgan fingerprint density at radius 2 is 1.63 bits per heavy atom. The van der Waals surface area contributed by atoms with Crippen LogP contribution < -0.4 is 14.2 Å². The van der Waals surface area contributed by atoms with Crippen molar-refractivity contribution in [2.45, 2.75) is 6.61 Å². The Hall–Kier alpha value is -3.12. The van der Waals surface area contributed by atoms with E-state index in [9.17, 15) is 4.79 Å². The average Bonchev–Trinajstić information content (AvgIpc) is 2.72. The Morgan fingerprint density at radius 1 is 0.926 bits per heavy atom. The molecule has 0 radical (unpaired) electrons. The maximum absolute atomic E-state index is 13.1. The molecule has 0 N–H and O–H groups in total. The van der Waals surface area contributed by atoms with E-state index in [-0.39, 0.29) is 5.78 Å². The summed E-state index contributed by atoms with van der Waals surface area (Å²) < 4.78 is 21.3. The van der Waals surface area contributed by atoms with E-state index in [1.54, 1.807) is 65.0 Å². The molecule has 140 valence electrons. The third kappa shape index (κ3) is 3.57. The fraction of sp³-hybridized carbons (Fsp3) is 0.238. The lowest BCUT2D eigenvalue weighted by Crippen LogP contribution is -2.07. The summed E-state index contributed by atoms with van der Waals surface area (Å²) in [5.41, 5.74) is 1.69. The molecular formula is C21H21NO5. The fourth-order valence-electron chi connectivity index (χ4n) is 2.97. The van der Waals surface area contributed by atoms with Gasteiger partial charge in [-0.25, -0.2) is 0 Å². The first-order valence-corrected chi connectivity index (χ1v) is 8.34. The Labute approximate surface area is 157 Å². The van der Waals surface area contributed by atoms with E-state index in [0.717, 1.165) is 10.9 Å². The number of ether oxygens (including phenoxy) is 4. The van der Waals surface area contributed by atoms with Crippen LogP contribution in [0.4, 0.5) is 0 Å². The first-order chi connectivity index (χ1) is 13.1. The van der Waals surface area contributed by atoms with E-state index < -0.39 is 0 Å². The number of aromatic nitrogens is 1. The van der Waals surface area contributed by atoms with Crippen LogP contribution in [-0.4, -0.2) is 39.2 Å². The lowest BCUT2D eigenvalue weighted by molar-refractivity contribution is 0.103. The molecule has 3 aromatic rings. The molecule has 0 amide bonds. The normalized spacial score (nSPS) is 10.7. The minimum Gasteiger partial charge on any atom is -0.497 e. The summed E-state index contributed by atoms with van der Waals surface area (Å²) in [4.78, 5) is 17.6. The van der Waals surface area contributed by atoms with Crippen LogP contribution in [0.5, 0.6) is 17.2 Å². The minimum atomic E-state index is -0.199. The number of carbonyl (C=O) groups is 1. The van der Waals surface area contributed by atoms with Crippen LogP contribution in [-0.2, 0) is 11.3 Å². The number of nitrogens with zero attached hydrogens (tertiary/aromatic N) is 1. The van der Waals surface area contributed by atoms with Crippen LogP contribution in [0.3, 0.4) is 0 Å². The number of fused-ring (bicyclic) bond motifs is 1. The molecule has 1 heterocycles. The van der Waals surface area contributed by atoms with Crippen molar-refractivity contribution in [2.75, 3.05) is 28.4 Å². The summed E-state index contributed by atoms with van der Waals surface area (Å²) in [6, 6.07) is 10.6. The van der Waals surface area contributed by atoms with Crippen molar-refractivity contribution < 1.29 is 23.7 Å². The van der Waals surface area contributed by atoms with Crippen molar-refractivity contribution in [1.82, 2.24) is 4.98 Å². The van der Waals surface area contributed by atoms with Gasteiger partial charge in [0.1, 0.15) is 11.4 Å². The van der Waals surface area contributed by atoms with Gasteiger partial charge < -0.3 is 18.9 Å². The summed E-state index contributed by atoms with van der Waals surface area (Å²) in [6.07, 6.45) is 1.66. The van der Waals surface area contributed by atoms with Gasteiger partial charge in [0.25, 0.3) is 0 Å². The molecule has 0 bridgehead atoms.